The summed E-state index contributed by atoms with van der Waals surface area (Å²) in [5.74, 6) is 1.33. The lowest BCUT2D eigenvalue weighted by molar-refractivity contribution is 0.411. The van der Waals surface area contributed by atoms with Gasteiger partial charge >= 0.3 is 0 Å². The van der Waals surface area contributed by atoms with Gasteiger partial charge < -0.3 is 20.9 Å². The van der Waals surface area contributed by atoms with Gasteiger partial charge in [0.05, 0.1) is 0 Å². The summed E-state index contributed by atoms with van der Waals surface area (Å²) in [7, 11) is 0. The molecule has 0 atom stereocenters. The molecule has 3 N–H and O–H groups in total. The van der Waals surface area contributed by atoms with Crippen molar-refractivity contribution in [1.82, 2.24) is 15.3 Å². The Morgan fingerprint density at radius 1 is 1.14 bits per heavy atom. The molecule has 2 aliphatic heterocycles. The van der Waals surface area contributed by atoms with Gasteiger partial charge in [-0.2, -0.15) is 4.98 Å². The van der Waals surface area contributed by atoms with Gasteiger partial charge in [-0.15, -0.1) is 0 Å². The normalized spacial score (nSPS) is 17.6. The van der Waals surface area contributed by atoms with Gasteiger partial charge in [-0.05, 0) is 57.2 Å². The van der Waals surface area contributed by atoms with Crippen LogP contribution in [0, 0.1) is 6.92 Å². The first-order chi connectivity index (χ1) is 13.7. The van der Waals surface area contributed by atoms with Gasteiger partial charge in [-0.3, -0.25) is 0 Å². The van der Waals surface area contributed by atoms with E-state index in [1.807, 2.05) is 13.0 Å². The van der Waals surface area contributed by atoms with Crippen LogP contribution in [0.3, 0.4) is 0 Å². The molecule has 0 unspecified atom stereocenters. The minimum Gasteiger partial charge on any atom is -0.371 e. The SMILES string of the molecule is Cc1cc(N2CCC(NCCCN3CCCc4ccccc43)CC2)nc(N)n1. The highest BCUT2D eigenvalue weighted by Crippen LogP contribution is 2.26. The van der Waals surface area contributed by atoms with Crippen LogP contribution < -0.4 is 20.9 Å². The van der Waals surface area contributed by atoms with Crippen molar-refractivity contribution in [2.75, 3.05) is 48.3 Å². The number of nitrogens with two attached hydrogens (primary N) is 1. The maximum Gasteiger partial charge on any atom is 0.222 e. The Balaban J connectivity index is 1.19. The molecule has 0 spiro atoms. The molecule has 6 heteroatoms. The second-order valence-electron chi connectivity index (χ2n) is 8.01. The molecule has 2 aliphatic rings. The molecule has 1 saturated heterocycles. The van der Waals surface area contributed by atoms with Crippen molar-refractivity contribution in [1.29, 1.82) is 0 Å². The van der Waals surface area contributed by atoms with E-state index in [-0.39, 0.29) is 0 Å². The van der Waals surface area contributed by atoms with Crippen molar-refractivity contribution in [3.8, 4) is 0 Å². The van der Waals surface area contributed by atoms with Crippen LogP contribution in [0.15, 0.2) is 30.3 Å². The zero-order valence-corrected chi connectivity index (χ0v) is 16.9. The molecule has 4 rings (SSSR count). The van der Waals surface area contributed by atoms with Crippen molar-refractivity contribution in [2.45, 2.75) is 45.1 Å². The largest absolute Gasteiger partial charge is 0.371 e. The third kappa shape index (κ3) is 4.55. The number of piperidine rings is 1. The van der Waals surface area contributed by atoms with Crippen molar-refractivity contribution in [3.05, 3.63) is 41.6 Å². The number of para-hydroxylation sites is 1. The van der Waals surface area contributed by atoms with E-state index in [0.29, 0.717) is 12.0 Å². The van der Waals surface area contributed by atoms with E-state index in [4.69, 9.17) is 5.73 Å². The van der Waals surface area contributed by atoms with Gasteiger partial charge in [0, 0.05) is 49.7 Å². The number of nitrogens with one attached hydrogen (secondary N) is 1. The predicted molar refractivity (Wildman–Crippen MR) is 116 cm³/mol. The van der Waals surface area contributed by atoms with Crippen molar-refractivity contribution in [3.63, 3.8) is 0 Å². The number of hydrogen-bond acceptors (Lipinski definition) is 6. The third-order valence-electron chi connectivity index (χ3n) is 5.92. The molecule has 0 radical (unpaired) electrons. The first-order valence-electron chi connectivity index (χ1n) is 10.6. The van der Waals surface area contributed by atoms with E-state index >= 15 is 0 Å². The fourth-order valence-electron chi connectivity index (χ4n) is 4.47. The summed E-state index contributed by atoms with van der Waals surface area (Å²) in [6.45, 7) is 7.43. The molecule has 3 heterocycles. The smallest absolute Gasteiger partial charge is 0.222 e. The molecule has 0 bridgehead atoms. The van der Waals surface area contributed by atoms with Crippen LogP contribution in [0.25, 0.3) is 0 Å². The number of aromatic nitrogens is 2. The molecule has 6 nitrogen and oxygen atoms in total. The Morgan fingerprint density at radius 3 is 2.79 bits per heavy atom. The Morgan fingerprint density at radius 2 is 1.96 bits per heavy atom. The van der Waals surface area contributed by atoms with Gasteiger partial charge in [-0.25, -0.2) is 4.98 Å². The van der Waals surface area contributed by atoms with Crippen molar-refractivity contribution in [2.24, 2.45) is 0 Å². The summed E-state index contributed by atoms with van der Waals surface area (Å²) in [6.07, 6.45) is 5.98. The van der Waals surface area contributed by atoms with E-state index in [0.717, 1.165) is 50.5 Å². The number of anilines is 3. The average Bonchev–Trinajstić information content (AvgIpc) is 2.71. The van der Waals surface area contributed by atoms with Crippen molar-refractivity contribution < 1.29 is 0 Å². The third-order valence-corrected chi connectivity index (χ3v) is 5.92. The summed E-state index contributed by atoms with van der Waals surface area (Å²) in [4.78, 5) is 13.5. The number of nitrogen functional groups attached to an aromatic ring is 1. The lowest BCUT2D eigenvalue weighted by Crippen LogP contribution is -2.43. The number of nitrogens with zero attached hydrogens (tertiary/aromatic N) is 4. The number of hydrogen-bond donors (Lipinski definition) is 2. The number of aryl methyl sites for hydroxylation is 2. The van der Waals surface area contributed by atoms with Crippen LogP contribution in [0.5, 0.6) is 0 Å². The van der Waals surface area contributed by atoms with E-state index in [1.165, 1.54) is 37.1 Å². The molecule has 1 fully saturated rings. The van der Waals surface area contributed by atoms with Crippen LogP contribution in [-0.4, -0.2) is 48.7 Å². The molecular formula is C22H32N6. The molecular weight excluding hydrogens is 348 g/mol. The zero-order valence-electron chi connectivity index (χ0n) is 16.9. The van der Waals surface area contributed by atoms with Crippen LogP contribution in [0.1, 0.15) is 36.9 Å². The van der Waals surface area contributed by atoms with E-state index in [9.17, 15) is 0 Å². The zero-order chi connectivity index (χ0) is 19.3. The summed E-state index contributed by atoms with van der Waals surface area (Å²) in [5.41, 5.74) is 9.69. The fourth-order valence-corrected chi connectivity index (χ4v) is 4.47. The van der Waals surface area contributed by atoms with E-state index in [2.05, 4.69) is 49.4 Å². The lowest BCUT2D eigenvalue weighted by atomic mass is 10.0. The fraction of sp³-hybridized carbons (Fsp3) is 0.545. The molecule has 0 aliphatic carbocycles. The highest BCUT2D eigenvalue weighted by Gasteiger charge is 2.21. The maximum absolute atomic E-state index is 5.80. The second kappa shape index (κ2) is 8.78. The highest BCUT2D eigenvalue weighted by molar-refractivity contribution is 5.55. The molecule has 1 aromatic carbocycles. The monoisotopic (exact) mass is 380 g/mol. The van der Waals surface area contributed by atoms with Crippen LogP contribution in [0.4, 0.5) is 17.5 Å². The quantitative estimate of drug-likeness (QED) is 0.751. The first-order valence-corrected chi connectivity index (χ1v) is 10.6. The Bertz CT molecular complexity index is 764. The Kier molecular flexibility index (Phi) is 5.95. The van der Waals surface area contributed by atoms with Crippen LogP contribution >= 0.6 is 0 Å². The molecule has 1 aromatic heterocycles. The van der Waals surface area contributed by atoms with Crippen LogP contribution in [0.2, 0.25) is 0 Å². The Labute approximate surface area is 168 Å². The van der Waals surface area contributed by atoms with E-state index < -0.39 is 0 Å². The van der Waals surface area contributed by atoms with Crippen LogP contribution in [-0.2, 0) is 6.42 Å². The van der Waals surface area contributed by atoms with Gasteiger partial charge in [0.15, 0.2) is 0 Å². The Hall–Kier alpha value is -2.34. The van der Waals surface area contributed by atoms with Gasteiger partial charge in [-0.1, -0.05) is 18.2 Å². The summed E-state index contributed by atoms with van der Waals surface area (Å²) < 4.78 is 0. The number of benzene rings is 1. The molecule has 0 amide bonds. The molecule has 2 aromatic rings. The molecule has 150 valence electrons. The topological polar surface area (TPSA) is 70.3 Å². The number of fused-ring (bicyclic) bond motifs is 1. The summed E-state index contributed by atoms with van der Waals surface area (Å²) >= 11 is 0. The average molecular weight is 381 g/mol. The summed E-state index contributed by atoms with van der Waals surface area (Å²) in [5, 5.41) is 3.77. The second-order valence-corrected chi connectivity index (χ2v) is 8.01. The first kappa shape index (κ1) is 19.0. The van der Waals surface area contributed by atoms with Gasteiger partial charge in [0.25, 0.3) is 0 Å². The molecule has 28 heavy (non-hydrogen) atoms. The van der Waals surface area contributed by atoms with Crippen molar-refractivity contribution >= 4 is 17.5 Å². The minimum atomic E-state index is 0.370. The summed E-state index contributed by atoms with van der Waals surface area (Å²) in [6, 6.07) is 11.5. The lowest BCUT2D eigenvalue weighted by Gasteiger charge is -2.34. The standard InChI is InChI=1S/C22H32N6/c1-17-16-21(26-22(23)25-17)28-14-9-19(10-15-28)24-11-5-13-27-12-4-7-18-6-2-3-8-20(18)27/h2-3,6,8,16,19,24H,4-5,7,9-15H2,1H3,(H2,23,25,26). The highest BCUT2D eigenvalue weighted by atomic mass is 15.2. The van der Waals surface area contributed by atoms with Gasteiger partial charge in [0.1, 0.15) is 5.82 Å². The predicted octanol–water partition coefficient (Wildman–Crippen LogP) is 2.77. The molecule has 0 saturated carbocycles. The maximum atomic E-state index is 5.80. The van der Waals surface area contributed by atoms with E-state index in [1.54, 1.807) is 0 Å². The minimum absolute atomic E-state index is 0.370. The van der Waals surface area contributed by atoms with Gasteiger partial charge in [0.2, 0.25) is 5.95 Å². The number of rotatable bonds is 6.